The molecular formula is C19H13ClN4O2S. The number of phenols is 1. The van der Waals surface area contributed by atoms with Crippen molar-refractivity contribution in [1.82, 2.24) is 15.0 Å². The average Bonchev–Trinajstić information content (AvgIpc) is 3.33. The van der Waals surface area contributed by atoms with Crippen molar-refractivity contribution in [2.45, 2.75) is 0 Å². The van der Waals surface area contributed by atoms with E-state index in [1.807, 2.05) is 12.1 Å². The minimum Gasteiger partial charge on any atom is -0.508 e. The number of carbonyl (C=O) groups excluding carboxylic acids is 1. The highest BCUT2D eigenvalue weighted by Crippen LogP contribution is 2.28. The highest BCUT2D eigenvalue weighted by Gasteiger charge is 2.20. The first-order valence-corrected chi connectivity index (χ1v) is 9.22. The van der Waals surface area contributed by atoms with Crippen molar-refractivity contribution in [1.29, 1.82) is 0 Å². The molecule has 0 saturated carbocycles. The molecule has 4 aromatic rings. The molecule has 0 unspecified atom stereocenters. The number of hydrogen-bond acceptors (Lipinski definition) is 5. The Morgan fingerprint density at radius 1 is 1.07 bits per heavy atom. The fourth-order valence-electron chi connectivity index (χ4n) is 2.56. The lowest BCUT2D eigenvalue weighted by molar-refractivity contribution is 0.102. The van der Waals surface area contributed by atoms with Gasteiger partial charge >= 0.3 is 0 Å². The molecule has 1 amide bonds. The maximum atomic E-state index is 12.8. The topological polar surface area (TPSA) is 90.9 Å². The number of nitrogens with one attached hydrogen (secondary N) is 2. The number of aromatic nitrogens is 3. The van der Waals surface area contributed by atoms with Gasteiger partial charge in [-0.05, 0) is 36.4 Å². The van der Waals surface area contributed by atoms with Crippen LogP contribution in [0, 0.1) is 0 Å². The maximum absolute atomic E-state index is 12.8. The van der Waals surface area contributed by atoms with Gasteiger partial charge in [-0.2, -0.15) is 0 Å². The van der Waals surface area contributed by atoms with Gasteiger partial charge in [-0.15, -0.1) is 11.3 Å². The Bertz CT molecular complexity index is 1070. The third-order valence-electron chi connectivity index (χ3n) is 3.85. The summed E-state index contributed by atoms with van der Waals surface area (Å²) in [5.41, 5.74) is 2.34. The van der Waals surface area contributed by atoms with E-state index in [1.165, 1.54) is 11.3 Å². The number of rotatable bonds is 4. The number of carbonyl (C=O) groups is 1. The zero-order chi connectivity index (χ0) is 18.8. The first kappa shape index (κ1) is 17.3. The zero-order valence-electron chi connectivity index (χ0n) is 13.8. The number of thiazole rings is 1. The number of phenolic OH excluding ortho intramolecular Hbond substituents is 1. The highest BCUT2D eigenvalue weighted by molar-refractivity contribution is 7.13. The summed E-state index contributed by atoms with van der Waals surface area (Å²) in [5, 5.41) is 15.1. The molecule has 8 heteroatoms. The molecule has 0 aliphatic heterocycles. The average molecular weight is 397 g/mol. The van der Waals surface area contributed by atoms with Crippen molar-refractivity contribution >= 4 is 34.0 Å². The van der Waals surface area contributed by atoms with E-state index in [0.29, 0.717) is 21.7 Å². The summed E-state index contributed by atoms with van der Waals surface area (Å²) in [6.07, 6.45) is 1.62. The molecule has 0 fully saturated rings. The molecule has 0 saturated heterocycles. The molecule has 0 aliphatic carbocycles. The van der Waals surface area contributed by atoms with Gasteiger partial charge in [-0.25, -0.2) is 9.97 Å². The highest BCUT2D eigenvalue weighted by atomic mass is 35.5. The first-order chi connectivity index (χ1) is 13.1. The van der Waals surface area contributed by atoms with Crippen LogP contribution in [0.2, 0.25) is 5.02 Å². The molecule has 134 valence electrons. The number of H-pyrrole nitrogens is 1. The number of hydrogen-bond donors (Lipinski definition) is 3. The van der Waals surface area contributed by atoms with Gasteiger partial charge in [-0.3, -0.25) is 10.1 Å². The summed E-state index contributed by atoms with van der Waals surface area (Å²) < 4.78 is 0. The fourth-order valence-corrected chi connectivity index (χ4v) is 3.21. The Hall–Kier alpha value is -3.16. The van der Waals surface area contributed by atoms with Gasteiger partial charge in [0.05, 0.1) is 5.69 Å². The zero-order valence-corrected chi connectivity index (χ0v) is 15.4. The molecular weight excluding hydrogens is 384 g/mol. The quantitative estimate of drug-likeness (QED) is 0.461. The first-order valence-electron chi connectivity index (χ1n) is 7.96. The number of benzene rings is 2. The van der Waals surface area contributed by atoms with Crippen molar-refractivity contribution in [3.63, 3.8) is 0 Å². The van der Waals surface area contributed by atoms with Gasteiger partial charge in [0.25, 0.3) is 5.91 Å². The number of halogens is 1. The third kappa shape index (κ3) is 3.69. The van der Waals surface area contributed by atoms with Crippen LogP contribution in [0.3, 0.4) is 0 Å². The van der Waals surface area contributed by atoms with Crippen molar-refractivity contribution in [2.24, 2.45) is 0 Å². The van der Waals surface area contributed by atoms with E-state index in [4.69, 9.17) is 11.6 Å². The van der Waals surface area contributed by atoms with Crippen LogP contribution in [-0.2, 0) is 0 Å². The van der Waals surface area contributed by atoms with Crippen LogP contribution < -0.4 is 5.32 Å². The molecule has 2 aromatic heterocycles. The van der Waals surface area contributed by atoms with E-state index in [2.05, 4.69) is 20.3 Å². The van der Waals surface area contributed by atoms with Gasteiger partial charge in [-0.1, -0.05) is 23.7 Å². The molecule has 6 nitrogen and oxygen atoms in total. The number of anilines is 1. The molecule has 2 aromatic carbocycles. The van der Waals surface area contributed by atoms with Gasteiger partial charge in [0.1, 0.15) is 11.6 Å². The third-order valence-corrected chi connectivity index (χ3v) is 4.79. The lowest BCUT2D eigenvalue weighted by Crippen LogP contribution is -2.13. The largest absolute Gasteiger partial charge is 0.508 e. The molecule has 3 N–H and O–H groups in total. The lowest BCUT2D eigenvalue weighted by Gasteiger charge is -2.03. The van der Waals surface area contributed by atoms with Crippen LogP contribution in [0.25, 0.3) is 22.6 Å². The number of aromatic hydroxyl groups is 1. The van der Waals surface area contributed by atoms with Crippen LogP contribution in [0.15, 0.2) is 60.1 Å². The maximum Gasteiger partial charge on any atom is 0.278 e. The second kappa shape index (κ2) is 7.22. The lowest BCUT2D eigenvalue weighted by atomic mass is 10.1. The van der Waals surface area contributed by atoms with E-state index in [9.17, 15) is 9.90 Å². The molecule has 27 heavy (non-hydrogen) atoms. The molecule has 0 aliphatic rings. The molecule has 0 bridgehead atoms. The van der Waals surface area contributed by atoms with Gasteiger partial charge in [0, 0.05) is 27.7 Å². The molecule has 0 atom stereocenters. The predicted octanol–water partition coefficient (Wildman–Crippen LogP) is 4.81. The summed E-state index contributed by atoms with van der Waals surface area (Å²) in [7, 11) is 0. The van der Waals surface area contributed by atoms with E-state index in [0.717, 1.165) is 11.1 Å². The van der Waals surface area contributed by atoms with Crippen LogP contribution in [0.4, 0.5) is 5.13 Å². The molecule has 0 spiro atoms. The summed E-state index contributed by atoms with van der Waals surface area (Å²) >= 11 is 7.30. The van der Waals surface area contributed by atoms with Crippen LogP contribution in [-0.4, -0.2) is 26.0 Å². The van der Waals surface area contributed by atoms with Gasteiger partial charge in [0.15, 0.2) is 10.8 Å². The van der Waals surface area contributed by atoms with Crippen LogP contribution in [0.5, 0.6) is 5.75 Å². The Kier molecular flexibility index (Phi) is 4.62. The van der Waals surface area contributed by atoms with Crippen molar-refractivity contribution in [3.8, 4) is 28.4 Å². The van der Waals surface area contributed by atoms with Gasteiger partial charge < -0.3 is 10.1 Å². The van der Waals surface area contributed by atoms with Crippen molar-refractivity contribution < 1.29 is 9.90 Å². The smallest absolute Gasteiger partial charge is 0.278 e. The summed E-state index contributed by atoms with van der Waals surface area (Å²) in [4.78, 5) is 24.5. The van der Waals surface area contributed by atoms with E-state index >= 15 is 0 Å². The number of amides is 1. The minimum atomic E-state index is -0.365. The van der Waals surface area contributed by atoms with Crippen molar-refractivity contribution in [3.05, 3.63) is 70.8 Å². The second-order valence-corrected chi connectivity index (χ2v) is 6.99. The fraction of sp³-hybridized carbons (Fsp3) is 0. The van der Waals surface area contributed by atoms with Gasteiger partial charge in [0.2, 0.25) is 0 Å². The Morgan fingerprint density at radius 3 is 2.44 bits per heavy atom. The minimum absolute atomic E-state index is 0.157. The number of imidazole rings is 1. The number of nitrogens with zero attached hydrogens (tertiary/aromatic N) is 2. The van der Waals surface area contributed by atoms with E-state index in [1.54, 1.807) is 48.0 Å². The number of aromatic amines is 1. The predicted molar refractivity (Wildman–Crippen MR) is 106 cm³/mol. The Balaban J connectivity index is 1.78. The standard InChI is InChI=1S/C19H13ClN4O2S/c20-13-5-1-11(2-6-13)15-16(18(26)24-19-21-9-10-27-19)23-17(22-15)12-3-7-14(25)8-4-12/h1-10,25H,(H,22,23)(H,21,24,26). The summed E-state index contributed by atoms with van der Waals surface area (Å²) in [6, 6.07) is 13.7. The Labute approximate surface area is 163 Å². The monoisotopic (exact) mass is 396 g/mol. The van der Waals surface area contributed by atoms with E-state index in [-0.39, 0.29) is 17.4 Å². The summed E-state index contributed by atoms with van der Waals surface area (Å²) in [5.74, 6) is 0.311. The normalized spacial score (nSPS) is 10.7. The molecule has 2 heterocycles. The van der Waals surface area contributed by atoms with Crippen LogP contribution in [0.1, 0.15) is 10.5 Å². The van der Waals surface area contributed by atoms with E-state index < -0.39 is 0 Å². The SMILES string of the molecule is O=C(Nc1nccs1)c1nc(-c2ccc(O)cc2)[nH]c1-c1ccc(Cl)cc1. The Morgan fingerprint density at radius 2 is 1.78 bits per heavy atom. The second-order valence-electron chi connectivity index (χ2n) is 5.65. The molecule has 4 rings (SSSR count). The molecule has 0 radical (unpaired) electrons. The van der Waals surface area contributed by atoms with Crippen molar-refractivity contribution in [2.75, 3.05) is 5.32 Å². The summed E-state index contributed by atoms with van der Waals surface area (Å²) in [6.45, 7) is 0. The van der Waals surface area contributed by atoms with Crippen LogP contribution >= 0.6 is 22.9 Å².